The Hall–Kier alpha value is -1.73. The molecule has 0 aliphatic carbocycles. The van der Waals surface area contributed by atoms with E-state index in [0.717, 1.165) is 54.9 Å². The largest absolute Gasteiger partial charge is 0.252 e. The maximum Gasteiger partial charge on any atom is 0.0639 e. The Labute approximate surface area is 181 Å². The molecule has 154 valence electrons. The van der Waals surface area contributed by atoms with Crippen LogP contribution >= 0.6 is 0 Å². The molecular formula is C25H34N2Ni. The van der Waals surface area contributed by atoms with Gasteiger partial charge < -0.3 is 0 Å². The van der Waals surface area contributed by atoms with Gasteiger partial charge in [-0.15, -0.1) is 0 Å². The van der Waals surface area contributed by atoms with Gasteiger partial charge in [0.2, 0.25) is 0 Å². The maximum absolute atomic E-state index is 4.96. The SMILES string of the molecule is CCC(=N\c1cc(CC)cc(CC)c1)/C(C)=N/c1cc(CC)cc(CC)c1.[Ni]. The van der Waals surface area contributed by atoms with Gasteiger partial charge in [-0.05, 0) is 85.5 Å². The van der Waals surface area contributed by atoms with Crippen LogP contribution in [0, 0.1) is 0 Å². The summed E-state index contributed by atoms with van der Waals surface area (Å²) in [5, 5.41) is 0. The van der Waals surface area contributed by atoms with Crippen molar-refractivity contribution >= 4 is 22.8 Å². The third-order valence-corrected chi connectivity index (χ3v) is 5.02. The van der Waals surface area contributed by atoms with Gasteiger partial charge in [-0.3, -0.25) is 9.98 Å². The predicted molar refractivity (Wildman–Crippen MR) is 121 cm³/mol. The molecular weight excluding hydrogens is 387 g/mol. The summed E-state index contributed by atoms with van der Waals surface area (Å²) in [4.78, 5) is 9.88. The molecule has 0 aliphatic heterocycles. The second kappa shape index (κ2) is 12.0. The van der Waals surface area contributed by atoms with Gasteiger partial charge in [0.25, 0.3) is 0 Å². The van der Waals surface area contributed by atoms with Gasteiger partial charge >= 0.3 is 0 Å². The van der Waals surface area contributed by atoms with Gasteiger partial charge in [-0.2, -0.15) is 0 Å². The molecule has 28 heavy (non-hydrogen) atoms. The fourth-order valence-electron chi connectivity index (χ4n) is 3.26. The summed E-state index contributed by atoms with van der Waals surface area (Å²) in [5.41, 5.74) is 9.55. The maximum atomic E-state index is 4.96. The Balaban J connectivity index is 0.00000392. The van der Waals surface area contributed by atoms with Crippen molar-refractivity contribution in [3.05, 3.63) is 58.7 Å². The first-order valence-electron chi connectivity index (χ1n) is 10.4. The average Bonchev–Trinajstić information content (AvgIpc) is 2.70. The number of hydrogen-bond donors (Lipinski definition) is 0. The first kappa shape index (κ1) is 24.3. The van der Waals surface area contributed by atoms with Crippen LogP contribution in [0.15, 0.2) is 46.4 Å². The van der Waals surface area contributed by atoms with Crippen molar-refractivity contribution in [1.29, 1.82) is 0 Å². The van der Waals surface area contributed by atoms with Crippen molar-refractivity contribution in [2.45, 2.75) is 73.6 Å². The van der Waals surface area contributed by atoms with Gasteiger partial charge in [0, 0.05) is 16.5 Å². The third kappa shape index (κ3) is 6.71. The van der Waals surface area contributed by atoms with Crippen molar-refractivity contribution in [1.82, 2.24) is 0 Å². The second-order valence-corrected chi connectivity index (χ2v) is 7.04. The monoisotopic (exact) mass is 420 g/mol. The molecule has 0 amide bonds. The molecule has 0 atom stereocenters. The van der Waals surface area contributed by atoms with Crippen LogP contribution in [-0.2, 0) is 42.2 Å². The Bertz CT molecular complexity index is 790. The summed E-state index contributed by atoms with van der Waals surface area (Å²) in [6, 6.07) is 13.4. The van der Waals surface area contributed by atoms with Crippen molar-refractivity contribution in [2.24, 2.45) is 9.98 Å². The molecule has 0 saturated heterocycles. The standard InChI is InChI=1S/C25H34N2.Ni/c1-7-19-12-20(8-2)15-23(14-19)26-18(6)25(11-5)27-24-16-21(9-3)13-22(10-4)17-24;/h12-17H,7-11H2,1-6H3;/b26-18+,27-25+;. The van der Waals surface area contributed by atoms with Crippen LogP contribution in [0.3, 0.4) is 0 Å². The summed E-state index contributed by atoms with van der Waals surface area (Å²) in [6.07, 6.45) is 5.02. The number of aliphatic imine (C=N–C) groups is 2. The Morgan fingerprint density at radius 1 is 0.607 bits per heavy atom. The van der Waals surface area contributed by atoms with E-state index in [4.69, 9.17) is 9.98 Å². The van der Waals surface area contributed by atoms with Gasteiger partial charge in [-0.25, -0.2) is 0 Å². The minimum absolute atomic E-state index is 0. The quantitative estimate of drug-likeness (QED) is 0.318. The van der Waals surface area contributed by atoms with Gasteiger partial charge in [0.05, 0.1) is 22.8 Å². The van der Waals surface area contributed by atoms with E-state index in [1.54, 1.807) is 0 Å². The molecule has 0 unspecified atom stereocenters. The Morgan fingerprint density at radius 3 is 1.29 bits per heavy atom. The molecule has 0 aliphatic rings. The molecule has 0 heterocycles. The zero-order chi connectivity index (χ0) is 19.8. The topological polar surface area (TPSA) is 24.7 Å². The van der Waals surface area contributed by atoms with Crippen molar-refractivity contribution < 1.29 is 16.5 Å². The normalized spacial score (nSPS) is 12.1. The van der Waals surface area contributed by atoms with Crippen molar-refractivity contribution in [3.8, 4) is 0 Å². The molecule has 0 spiro atoms. The smallest absolute Gasteiger partial charge is 0.0639 e. The van der Waals surface area contributed by atoms with Gasteiger partial charge in [0.1, 0.15) is 0 Å². The molecule has 0 radical (unpaired) electrons. The average molecular weight is 421 g/mol. The first-order valence-corrected chi connectivity index (χ1v) is 10.4. The fourth-order valence-corrected chi connectivity index (χ4v) is 3.26. The van der Waals surface area contributed by atoms with Crippen LogP contribution in [0.2, 0.25) is 0 Å². The van der Waals surface area contributed by atoms with E-state index in [1.165, 1.54) is 22.3 Å². The van der Waals surface area contributed by atoms with E-state index in [9.17, 15) is 0 Å². The van der Waals surface area contributed by atoms with Crippen LogP contribution < -0.4 is 0 Å². The van der Waals surface area contributed by atoms with Crippen LogP contribution in [-0.4, -0.2) is 11.4 Å². The number of rotatable bonds is 8. The van der Waals surface area contributed by atoms with Gasteiger partial charge in [0.15, 0.2) is 0 Å². The molecule has 3 heteroatoms. The minimum atomic E-state index is 0. The molecule has 0 aromatic heterocycles. The van der Waals surface area contributed by atoms with Crippen LogP contribution in [0.4, 0.5) is 11.4 Å². The summed E-state index contributed by atoms with van der Waals surface area (Å²) in [6.45, 7) is 13.0. The van der Waals surface area contributed by atoms with Crippen molar-refractivity contribution in [2.75, 3.05) is 0 Å². The molecule has 2 rings (SSSR count). The summed E-state index contributed by atoms with van der Waals surface area (Å²) in [7, 11) is 0. The van der Waals surface area contributed by atoms with E-state index in [1.807, 2.05) is 0 Å². The Morgan fingerprint density at radius 2 is 0.964 bits per heavy atom. The number of aryl methyl sites for hydroxylation is 4. The summed E-state index contributed by atoms with van der Waals surface area (Å²) in [5.74, 6) is 0. The molecule has 2 nitrogen and oxygen atoms in total. The van der Waals surface area contributed by atoms with E-state index in [-0.39, 0.29) is 16.5 Å². The van der Waals surface area contributed by atoms with E-state index < -0.39 is 0 Å². The zero-order valence-corrected chi connectivity index (χ0v) is 19.2. The van der Waals surface area contributed by atoms with Crippen LogP contribution in [0.1, 0.15) is 70.2 Å². The zero-order valence-electron chi connectivity index (χ0n) is 18.2. The molecule has 2 aromatic carbocycles. The molecule has 0 bridgehead atoms. The minimum Gasteiger partial charge on any atom is -0.252 e. The molecule has 0 fully saturated rings. The van der Waals surface area contributed by atoms with E-state index >= 15 is 0 Å². The van der Waals surface area contributed by atoms with Crippen LogP contribution in [0.25, 0.3) is 0 Å². The summed E-state index contributed by atoms with van der Waals surface area (Å²) < 4.78 is 0. The summed E-state index contributed by atoms with van der Waals surface area (Å²) >= 11 is 0. The predicted octanol–water partition coefficient (Wildman–Crippen LogP) is 7.21. The van der Waals surface area contributed by atoms with Crippen molar-refractivity contribution in [3.63, 3.8) is 0 Å². The number of hydrogen-bond acceptors (Lipinski definition) is 2. The van der Waals surface area contributed by atoms with Crippen LogP contribution in [0.5, 0.6) is 0 Å². The van der Waals surface area contributed by atoms with E-state index in [0.29, 0.717) is 0 Å². The number of nitrogens with zero attached hydrogens (tertiary/aromatic N) is 2. The number of benzene rings is 2. The van der Waals surface area contributed by atoms with E-state index in [2.05, 4.69) is 77.9 Å². The van der Waals surface area contributed by atoms with Gasteiger partial charge in [-0.1, -0.05) is 46.8 Å². The second-order valence-electron chi connectivity index (χ2n) is 7.04. The Kier molecular flexibility index (Phi) is 10.4. The molecule has 2 aromatic rings. The molecule has 0 N–H and O–H groups in total. The molecule has 0 saturated carbocycles. The third-order valence-electron chi connectivity index (χ3n) is 5.02. The first-order chi connectivity index (χ1) is 13.0. The fraction of sp³-hybridized carbons (Fsp3) is 0.440.